The van der Waals surface area contributed by atoms with Crippen molar-refractivity contribution >= 4 is 5.84 Å². The third-order valence-electron chi connectivity index (χ3n) is 3.30. The first-order valence-corrected chi connectivity index (χ1v) is 9.08. The number of amidine groups is 1. The molecule has 0 radical (unpaired) electrons. The fourth-order valence-electron chi connectivity index (χ4n) is 1.87. The standard InChI is InChI=1S/C20H36N4/c1-7-11-15-23-20(16-17(5)18(6)21-13-9-3)24-19(12-8-2)22-14-10-4/h8,16,21,23H,2,5-7,9-15H2,1,3-4H3,(H,22,24)/b20-16-. The normalized spacial score (nSPS) is 11.8. The SMILES string of the molecule is C=CC/C(=N\C(=C/C(=C)C(=C)NCCC)NCCCC)NCCC. The lowest BCUT2D eigenvalue weighted by atomic mass is 10.2. The van der Waals surface area contributed by atoms with Gasteiger partial charge in [0, 0.05) is 31.8 Å². The molecule has 0 rings (SSSR count). The molecule has 0 heterocycles. The van der Waals surface area contributed by atoms with Crippen LogP contribution in [0.15, 0.2) is 54.0 Å². The molecule has 0 aliphatic heterocycles. The first kappa shape index (κ1) is 22.0. The Balaban J connectivity index is 5.16. The molecule has 0 atom stereocenters. The Hall–Kier alpha value is -1.97. The van der Waals surface area contributed by atoms with Crippen LogP contribution in [-0.4, -0.2) is 25.5 Å². The number of hydrogen-bond donors (Lipinski definition) is 3. The van der Waals surface area contributed by atoms with E-state index in [1.807, 2.05) is 12.2 Å². The molecule has 4 nitrogen and oxygen atoms in total. The second kappa shape index (κ2) is 14.6. The Kier molecular flexibility index (Phi) is 13.4. The van der Waals surface area contributed by atoms with Gasteiger partial charge in [-0.25, -0.2) is 4.99 Å². The smallest absolute Gasteiger partial charge is 0.128 e. The summed E-state index contributed by atoms with van der Waals surface area (Å²) < 4.78 is 0. The van der Waals surface area contributed by atoms with Crippen LogP contribution in [0.2, 0.25) is 0 Å². The van der Waals surface area contributed by atoms with E-state index in [9.17, 15) is 0 Å². The molecule has 0 fully saturated rings. The summed E-state index contributed by atoms with van der Waals surface area (Å²) in [4.78, 5) is 4.73. The van der Waals surface area contributed by atoms with E-state index in [4.69, 9.17) is 4.99 Å². The molecule has 0 aromatic heterocycles. The molecule has 0 saturated heterocycles. The highest BCUT2D eigenvalue weighted by Crippen LogP contribution is 2.08. The molecule has 0 aromatic carbocycles. The van der Waals surface area contributed by atoms with Gasteiger partial charge in [0.15, 0.2) is 0 Å². The summed E-state index contributed by atoms with van der Waals surface area (Å²) >= 11 is 0. The Morgan fingerprint density at radius 1 is 0.917 bits per heavy atom. The average molecular weight is 333 g/mol. The first-order chi connectivity index (χ1) is 11.6. The number of nitrogens with one attached hydrogen (secondary N) is 3. The maximum atomic E-state index is 4.73. The Morgan fingerprint density at radius 3 is 2.17 bits per heavy atom. The number of allylic oxidation sites excluding steroid dienone is 1. The highest BCUT2D eigenvalue weighted by molar-refractivity contribution is 5.84. The molecule has 3 N–H and O–H groups in total. The van der Waals surface area contributed by atoms with Gasteiger partial charge in [-0.15, -0.1) is 6.58 Å². The van der Waals surface area contributed by atoms with Gasteiger partial charge in [0.2, 0.25) is 0 Å². The second-order valence-corrected chi connectivity index (χ2v) is 5.72. The minimum absolute atomic E-state index is 0.717. The average Bonchev–Trinajstić information content (AvgIpc) is 2.57. The van der Waals surface area contributed by atoms with Crippen LogP contribution in [0, 0.1) is 0 Å². The van der Waals surface area contributed by atoms with Crippen LogP contribution in [0.1, 0.15) is 52.9 Å². The van der Waals surface area contributed by atoms with Crippen molar-refractivity contribution in [2.75, 3.05) is 19.6 Å². The molecule has 0 unspecified atom stereocenters. The summed E-state index contributed by atoms with van der Waals surface area (Å²) in [7, 11) is 0. The van der Waals surface area contributed by atoms with Gasteiger partial charge >= 0.3 is 0 Å². The monoisotopic (exact) mass is 332 g/mol. The third-order valence-corrected chi connectivity index (χ3v) is 3.30. The molecular weight excluding hydrogens is 296 g/mol. The number of hydrogen-bond acceptors (Lipinski definition) is 3. The second-order valence-electron chi connectivity index (χ2n) is 5.72. The summed E-state index contributed by atoms with van der Waals surface area (Å²) in [5, 5.41) is 10.0. The van der Waals surface area contributed by atoms with Crippen molar-refractivity contribution in [3.63, 3.8) is 0 Å². The molecule has 136 valence electrons. The zero-order valence-electron chi connectivity index (χ0n) is 15.9. The number of aliphatic imine (C=N–C) groups is 1. The molecule has 4 heteroatoms. The predicted octanol–water partition coefficient (Wildman–Crippen LogP) is 4.26. The summed E-state index contributed by atoms with van der Waals surface area (Å²) in [6.07, 6.45) is 8.90. The van der Waals surface area contributed by atoms with E-state index in [0.29, 0.717) is 6.42 Å². The zero-order valence-corrected chi connectivity index (χ0v) is 15.9. The summed E-state index contributed by atoms with van der Waals surface area (Å²) in [6.45, 7) is 21.1. The quantitative estimate of drug-likeness (QED) is 0.146. The van der Waals surface area contributed by atoms with E-state index in [-0.39, 0.29) is 0 Å². The Bertz CT molecular complexity index is 447. The largest absolute Gasteiger partial charge is 0.385 e. The van der Waals surface area contributed by atoms with Gasteiger partial charge in [-0.2, -0.15) is 0 Å². The molecule has 0 aliphatic rings. The fraction of sp³-hybridized carbons (Fsp3) is 0.550. The van der Waals surface area contributed by atoms with Crippen LogP contribution >= 0.6 is 0 Å². The van der Waals surface area contributed by atoms with E-state index >= 15 is 0 Å². The van der Waals surface area contributed by atoms with Gasteiger partial charge in [-0.05, 0) is 30.9 Å². The van der Waals surface area contributed by atoms with Crippen molar-refractivity contribution in [3.8, 4) is 0 Å². The van der Waals surface area contributed by atoms with Crippen LogP contribution in [0.25, 0.3) is 0 Å². The van der Waals surface area contributed by atoms with Gasteiger partial charge in [0.25, 0.3) is 0 Å². The Morgan fingerprint density at radius 2 is 1.58 bits per heavy atom. The lowest BCUT2D eigenvalue weighted by Gasteiger charge is -2.13. The van der Waals surface area contributed by atoms with Gasteiger partial charge in [-0.3, -0.25) is 0 Å². The van der Waals surface area contributed by atoms with Crippen molar-refractivity contribution in [3.05, 3.63) is 49.0 Å². The van der Waals surface area contributed by atoms with Gasteiger partial charge < -0.3 is 16.0 Å². The predicted molar refractivity (Wildman–Crippen MR) is 108 cm³/mol. The molecule has 0 bridgehead atoms. The van der Waals surface area contributed by atoms with Gasteiger partial charge in [0.05, 0.1) is 0 Å². The molecule has 0 saturated carbocycles. The lowest BCUT2D eigenvalue weighted by molar-refractivity contribution is 0.702. The molecule has 0 aliphatic carbocycles. The maximum Gasteiger partial charge on any atom is 0.128 e. The van der Waals surface area contributed by atoms with Gasteiger partial charge in [0.1, 0.15) is 11.7 Å². The molecule has 0 spiro atoms. The zero-order chi connectivity index (χ0) is 18.2. The molecule has 24 heavy (non-hydrogen) atoms. The topological polar surface area (TPSA) is 48.5 Å². The Labute approximate surface area is 148 Å². The van der Waals surface area contributed by atoms with E-state index in [0.717, 1.165) is 68.2 Å². The first-order valence-electron chi connectivity index (χ1n) is 9.08. The highest BCUT2D eigenvalue weighted by atomic mass is 15.1. The number of nitrogens with zero attached hydrogens (tertiary/aromatic N) is 1. The van der Waals surface area contributed by atoms with Crippen LogP contribution in [0.4, 0.5) is 0 Å². The van der Waals surface area contributed by atoms with E-state index in [2.05, 4.69) is 56.5 Å². The van der Waals surface area contributed by atoms with Crippen LogP contribution in [0.5, 0.6) is 0 Å². The summed E-state index contributed by atoms with van der Waals surface area (Å²) in [5.41, 5.74) is 1.69. The minimum atomic E-state index is 0.717. The van der Waals surface area contributed by atoms with Crippen LogP contribution < -0.4 is 16.0 Å². The van der Waals surface area contributed by atoms with E-state index in [1.54, 1.807) is 0 Å². The van der Waals surface area contributed by atoms with Crippen LogP contribution in [-0.2, 0) is 0 Å². The van der Waals surface area contributed by atoms with Crippen molar-refractivity contribution in [2.45, 2.75) is 52.9 Å². The summed E-state index contributed by atoms with van der Waals surface area (Å²) in [5.74, 6) is 1.73. The number of unbranched alkanes of at least 4 members (excludes halogenated alkanes) is 1. The molecular formula is C20H36N4. The molecule has 0 aromatic rings. The van der Waals surface area contributed by atoms with E-state index in [1.165, 1.54) is 0 Å². The summed E-state index contributed by atoms with van der Waals surface area (Å²) in [6, 6.07) is 0. The van der Waals surface area contributed by atoms with Gasteiger partial charge in [-0.1, -0.05) is 46.4 Å². The van der Waals surface area contributed by atoms with Crippen molar-refractivity contribution < 1.29 is 0 Å². The number of rotatable bonds is 14. The van der Waals surface area contributed by atoms with Crippen molar-refractivity contribution in [1.29, 1.82) is 0 Å². The minimum Gasteiger partial charge on any atom is -0.385 e. The maximum absolute atomic E-state index is 4.73. The van der Waals surface area contributed by atoms with Crippen molar-refractivity contribution in [2.24, 2.45) is 4.99 Å². The van der Waals surface area contributed by atoms with Crippen molar-refractivity contribution in [1.82, 2.24) is 16.0 Å². The molecule has 0 amide bonds. The third kappa shape index (κ3) is 10.7. The lowest BCUT2D eigenvalue weighted by Crippen LogP contribution is -2.25. The fourth-order valence-corrected chi connectivity index (χ4v) is 1.87. The van der Waals surface area contributed by atoms with E-state index < -0.39 is 0 Å². The highest BCUT2D eigenvalue weighted by Gasteiger charge is 2.03. The van der Waals surface area contributed by atoms with Crippen LogP contribution in [0.3, 0.4) is 0 Å².